The molecule has 0 radical (unpaired) electrons. The van der Waals surface area contributed by atoms with Crippen molar-refractivity contribution in [1.29, 1.82) is 0 Å². The predicted octanol–water partition coefficient (Wildman–Crippen LogP) is 2.81. The molecule has 3 rings (SSSR count). The average Bonchev–Trinajstić information content (AvgIpc) is 3.14. The lowest BCUT2D eigenvalue weighted by atomic mass is 10.0. The van der Waals surface area contributed by atoms with Crippen LogP contribution < -0.4 is 15.2 Å². The molecule has 1 fully saturated rings. The number of hydrogen-bond acceptors (Lipinski definition) is 4. The summed E-state index contributed by atoms with van der Waals surface area (Å²) >= 11 is 0. The summed E-state index contributed by atoms with van der Waals surface area (Å²) in [4.78, 5) is 0. The molecular formula is C16H21N3O2. The molecule has 2 atom stereocenters. The second-order valence-electron chi connectivity index (χ2n) is 5.66. The molecule has 2 aromatic rings. The SMILES string of the molecule is COc1ccc(-c2c(C3CC3C)nn(C)c2N)cc1OC. The number of rotatable bonds is 4. The second-order valence-corrected chi connectivity index (χ2v) is 5.66. The maximum Gasteiger partial charge on any atom is 0.161 e. The van der Waals surface area contributed by atoms with Crippen LogP contribution >= 0.6 is 0 Å². The van der Waals surface area contributed by atoms with E-state index in [0.29, 0.717) is 29.2 Å². The fraction of sp³-hybridized carbons (Fsp3) is 0.438. The summed E-state index contributed by atoms with van der Waals surface area (Å²) in [5, 5.41) is 4.62. The van der Waals surface area contributed by atoms with Gasteiger partial charge in [0.25, 0.3) is 0 Å². The molecule has 112 valence electrons. The third-order valence-electron chi connectivity index (χ3n) is 4.25. The Bertz CT molecular complexity index is 678. The normalized spacial score (nSPS) is 20.4. The maximum atomic E-state index is 6.24. The highest BCUT2D eigenvalue weighted by atomic mass is 16.5. The van der Waals surface area contributed by atoms with Gasteiger partial charge >= 0.3 is 0 Å². The van der Waals surface area contributed by atoms with Crippen molar-refractivity contribution < 1.29 is 9.47 Å². The Labute approximate surface area is 124 Å². The third-order valence-corrected chi connectivity index (χ3v) is 4.25. The van der Waals surface area contributed by atoms with Gasteiger partial charge in [0.1, 0.15) is 5.82 Å². The lowest BCUT2D eigenvalue weighted by molar-refractivity contribution is 0.355. The topological polar surface area (TPSA) is 62.3 Å². The molecule has 1 saturated carbocycles. The van der Waals surface area contributed by atoms with E-state index >= 15 is 0 Å². The minimum atomic E-state index is 0.511. The molecule has 2 unspecified atom stereocenters. The summed E-state index contributed by atoms with van der Waals surface area (Å²) < 4.78 is 12.4. The number of aromatic nitrogens is 2. The van der Waals surface area contributed by atoms with Crippen molar-refractivity contribution in [3.05, 3.63) is 23.9 Å². The van der Waals surface area contributed by atoms with Gasteiger partial charge in [-0.2, -0.15) is 5.10 Å². The molecule has 0 aliphatic heterocycles. The summed E-state index contributed by atoms with van der Waals surface area (Å²) in [5.41, 5.74) is 9.37. The van der Waals surface area contributed by atoms with Crippen LogP contribution in [0.3, 0.4) is 0 Å². The van der Waals surface area contributed by atoms with Gasteiger partial charge in [-0.15, -0.1) is 0 Å². The highest BCUT2D eigenvalue weighted by Crippen LogP contribution is 2.51. The van der Waals surface area contributed by atoms with Gasteiger partial charge in [0.05, 0.1) is 19.9 Å². The van der Waals surface area contributed by atoms with E-state index in [0.717, 1.165) is 16.8 Å². The van der Waals surface area contributed by atoms with E-state index in [2.05, 4.69) is 12.0 Å². The largest absolute Gasteiger partial charge is 0.493 e. The number of methoxy groups -OCH3 is 2. The van der Waals surface area contributed by atoms with Crippen molar-refractivity contribution >= 4 is 5.82 Å². The van der Waals surface area contributed by atoms with E-state index in [4.69, 9.17) is 15.2 Å². The quantitative estimate of drug-likeness (QED) is 0.939. The zero-order valence-corrected chi connectivity index (χ0v) is 12.9. The van der Waals surface area contributed by atoms with Crippen molar-refractivity contribution in [1.82, 2.24) is 9.78 Å². The Hall–Kier alpha value is -2.17. The van der Waals surface area contributed by atoms with E-state index in [9.17, 15) is 0 Å². The molecular weight excluding hydrogens is 266 g/mol. The monoisotopic (exact) mass is 287 g/mol. The van der Waals surface area contributed by atoms with Gasteiger partial charge in [-0.1, -0.05) is 13.0 Å². The van der Waals surface area contributed by atoms with E-state index < -0.39 is 0 Å². The van der Waals surface area contributed by atoms with Gasteiger partial charge in [-0.25, -0.2) is 0 Å². The molecule has 0 amide bonds. The molecule has 1 aliphatic rings. The molecule has 1 aromatic carbocycles. The molecule has 5 nitrogen and oxygen atoms in total. The molecule has 0 bridgehead atoms. The highest BCUT2D eigenvalue weighted by Gasteiger charge is 2.39. The zero-order chi connectivity index (χ0) is 15.1. The molecule has 0 spiro atoms. The molecule has 2 N–H and O–H groups in total. The van der Waals surface area contributed by atoms with Gasteiger partial charge < -0.3 is 15.2 Å². The molecule has 1 aromatic heterocycles. The lowest BCUT2D eigenvalue weighted by Gasteiger charge is -2.10. The Morgan fingerprint density at radius 2 is 1.90 bits per heavy atom. The Morgan fingerprint density at radius 1 is 1.24 bits per heavy atom. The number of nitrogens with zero attached hydrogens (tertiary/aromatic N) is 2. The van der Waals surface area contributed by atoms with Crippen LogP contribution in [-0.4, -0.2) is 24.0 Å². The predicted molar refractivity (Wildman–Crippen MR) is 82.7 cm³/mol. The van der Waals surface area contributed by atoms with Gasteiger partial charge in [0.2, 0.25) is 0 Å². The van der Waals surface area contributed by atoms with Crippen molar-refractivity contribution in [2.45, 2.75) is 19.3 Å². The Morgan fingerprint density at radius 3 is 2.48 bits per heavy atom. The van der Waals surface area contributed by atoms with Crippen LogP contribution in [0.25, 0.3) is 11.1 Å². The van der Waals surface area contributed by atoms with E-state index in [1.165, 1.54) is 6.42 Å². The molecule has 1 heterocycles. The summed E-state index contributed by atoms with van der Waals surface area (Å²) in [6.07, 6.45) is 1.18. The first-order valence-electron chi connectivity index (χ1n) is 7.11. The zero-order valence-electron chi connectivity index (χ0n) is 12.9. The molecule has 0 saturated heterocycles. The first kappa shape index (κ1) is 13.8. The van der Waals surface area contributed by atoms with Crippen molar-refractivity contribution in [2.75, 3.05) is 20.0 Å². The van der Waals surface area contributed by atoms with Crippen LogP contribution in [0.2, 0.25) is 0 Å². The number of nitrogen functional groups attached to an aromatic ring is 1. The number of anilines is 1. The van der Waals surface area contributed by atoms with Crippen LogP contribution in [0.4, 0.5) is 5.82 Å². The van der Waals surface area contributed by atoms with Crippen LogP contribution in [0.1, 0.15) is 25.0 Å². The Kier molecular flexibility index (Phi) is 3.27. The standard InChI is InChI=1S/C16H21N3O2/c1-9-7-11(9)15-14(16(17)19(2)18-15)10-5-6-12(20-3)13(8-10)21-4/h5-6,8-9,11H,7,17H2,1-4H3. The summed E-state index contributed by atoms with van der Waals surface area (Å²) in [6.45, 7) is 2.24. The minimum absolute atomic E-state index is 0.511. The molecule has 1 aliphatic carbocycles. The van der Waals surface area contributed by atoms with E-state index in [1.54, 1.807) is 18.9 Å². The highest BCUT2D eigenvalue weighted by molar-refractivity contribution is 5.79. The minimum Gasteiger partial charge on any atom is -0.493 e. The van der Waals surface area contributed by atoms with Crippen LogP contribution in [0.15, 0.2) is 18.2 Å². The smallest absolute Gasteiger partial charge is 0.161 e. The summed E-state index contributed by atoms with van der Waals surface area (Å²) in [6, 6.07) is 5.87. The van der Waals surface area contributed by atoms with Gasteiger partial charge in [0, 0.05) is 18.5 Å². The average molecular weight is 287 g/mol. The number of benzene rings is 1. The first-order valence-corrected chi connectivity index (χ1v) is 7.11. The van der Waals surface area contributed by atoms with Crippen LogP contribution in [0, 0.1) is 5.92 Å². The Balaban J connectivity index is 2.12. The number of ether oxygens (including phenoxy) is 2. The number of hydrogen-bond donors (Lipinski definition) is 1. The number of nitrogens with two attached hydrogens (primary N) is 1. The van der Waals surface area contributed by atoms with Crippen molar-refractivity contribution in [3.63, 3.8) is 0 Å². The van der Waals surface area contributed by atoms with E-state index in [-0.39, 0.29) is 0 Å². The van der Waals surface area contributed by atoms with Crippen LogP contribution in [0.5, 0.6) is 11.5 Å². The van der Waals surface area contributed by atoms with Crippen molar-refractivity contribution in [2.24, 2.45) is 13.0 Å². The summed E-state index contributed by atoms with van der Waals surface area (Å²) in [5.74, 6) is 3.30. The molecule has 5 heteroatoms. The maximum absolute atomic E-state index is 6.24. The summed E-state index contributed by atoms with van der Waals surface area (Å²) in [7, 11) is 5.15. The lowest BCUT2D eigenvalue weighted by Crippen LogP contribution is -1.98. The van der Waals surface area contributed by atoms with Gasteiger partial charge in [-0.3, -0.25) is 4.68 Å². The molecule has 21 heavy (non-hydrogen) atoms. The third kappa shape index (κ3) is 2.22. The second kappa shape index (κ2) is 4.98. The fourth-order valence-electron chi connectivity index (χ4n) is 2.81. The fourth-order valence-corrected chi connectivity index (χ4v) is 2.81. The van der Waals surface area contributed by atoms with Gasteiger partial charge in [-0.05, 0) is 30.0 Å². The van der Waals surface area contributed by atoms with E-state index in [1.807, 2.05) is 25.2 Å². The number of aryl methyl sites for hydroxylation is 1. The van der Waals surface area contributed by atoms with Crippen LogP contribution in [-0.2, 0) is 7.05 Å². The van der Waals surface area contributed by atoms with Gasteiger partial charge in [0.15, 0.2) is 11.5 Å². The van der Waals surface area contributed by atoms with Crippen molar-refractivity contribution in [3.8, 4) is 22.6 Å². The first-order chi connectivity index (χ1) is 10.1.